The summed E-state index contributed by atoms with van der Waals surface area (Å²) in [5, 5.41) is 0. The van der Waals surface area contributed by atoms with Crippen LogP contribution >= 0.6 is 0 Å². The van der Waals surface area contributed by atoms with Gasteiger partial charge in [0.1, 0.15) is 13.2 Å². The fraction of sp³-hybridized carbons (Fsp3) is 0.676. The number of allylic oxidation sites excluding steroid dienone is 20. The second-order valence-corrected chi connectivity index (χ2v) is 20.9. The Morgan fingerprint density at radius 2 is 0.532 bits per heavy atom. The van der Waals surface area contributed by atoms with E-state index in [1.165, 1.54) is 109 Å². The zero-order valence-corrected chi connectivity index (χ0v) is 50.2. The molecular formula is C71H118O6. The summed E-state index contributed by atoms with van der Waals surface area (Å²) >= 11 is 0. The van der Waals surface area contributed by atoms with Crippen molar-refractivity contribution in [2.24, 2.45) is 0 Å². The van der Waals surface area contributed by atoms with Crippen LogP contribution in [-0.2, 0) is 28.6 Å². The van der Waals surface area contributed by atoms with Crippen molar-refractivity contribution in [3.63, 3.8) is 0 Å². The van der Waals surface area contributed by atoms with Crippen molar-refractivity contribution in [3.05, 3.63) is 122 Å². The summed E-state index contributed by atoms with van der Waals surface area (Å²) in [5.41, 5.74) is 0. The van der Waals surface area contributed by atoms with Gasteiger partial charge in [-0.1, -0.05) is 264 Å². The lowest BCUT2D eigenvalue weighted by molar-refractivity contribution is -0.167. The highest BCUT2D eigenvalue weighted by atomic mass is 16.6. The second-order valence-electron chi connectivity index (χ2n) is 20.9. The highest BCUT2D eigenvalue weighted by Gasteiger charge is 2.19. The van der Waals surface area contributed by atoms with Crippen LogP contribution in [0.25, 0.3) is 0 Å². The molecular weight excluding hydrogens is 949 g/mol. The standard InChI is InChI=1S/C71H118O6/c1-4-7-10-13-16-19-22-24-26-28-30-31-32-33-34-35-36-37-38-39-40-41-42-44-45-47-49-52-55-58-61-64-70(73)76-67-68(66-75-69(72)63-60-57-54-51-21-18-15-12-9-6-3)77-71(74)65-62-59-56-53-50-48-46-43-29-27-25-23-20-17-14-11-8-5-2/h7,10,12,15-16,19-20,23-24,26-27,29-31,33-34,36-37,39-40,68H,4-6,8-9,11,13-14,17-18,21-22,25,28,32,35,38,41-67H2,1-3H3/b10-7-,15-12-,19-16-,23-20-,26-24-,29-27-,31-30-,34-33-,37-36-,40-39-. The first-order valence-corrected chi connectivity index (χ1v) is 32.0. The van der Waals surface area contributed by atoms with E-state index in [0.717, 1.165) is 141 Å². The Balaban J connectivity index is 4.25. The molecule has 0 spiro atoms. The van der Waals surface area contributed by atoms with E-state index in [1.807, 2.05) is 0 Å². The highest BCUT2D eigenvalue weighted by molar-refractivity contribution is 5.71. The molecule has 0 aliphatic heterocycles. The van der Waals surface area contributed by atoms with Crippen LogP contribution < -0.4 is 0 Å². The molecule has 0 aliphatic rings. The first-order chi connectivity index (χ1) is 38.0. The van der Waals surface area contributed by atoms with Gasteiger partial charge < -0.3 is 14.2 Å². The molecule has 0 radical (unpaired) electrons. The number of rotatable bonds is 57. The zero-order valence-electron chi connectivity index (χ0n) is 50.2. The number of unbranched alkanes of at least 4 members (excludes halogenated alkanes) is 26. The average Bonchev–Trinajstić information content (AvgIpc) is 3.43. The van der Waals surface area contributed by atoms with Gasteiger partial charge in [0.05, 0.1) is 0 Å². The van der Waals surface area contributed by atoms with Gasteiger partial charge in [-0.05, 0) is 128 Å². The quantitative estimate of drug-likeness (QED) is 0.0261. The molecule has 0 aromatic heterocycles. The molecule has 77 heavy (non-hydrogen) atoms. The Kier molecular flexibility index (Phi) is 60.8. The van der Waals surface area contributed by atoms with Gasteiger partial charge in [0.15, 0.2) is 6.10 Å². The Morgan fingerprint density at radius 3 is 0.857 bits per heavy atom. The summed E-state index contributed by atoms with van der Waals surface area (Å²) in [6, 6.07) is 0. The smallest absolute Gasteiger partial charge is 0.306 e. The Hall–Kier alpha value is -4.19. The van der Waals surface area contributed by atoms with Gasteiger partial charge >= 0.3 is 17.9 Å². The molecule has 0 amide bonds. The van der Waals surface area contributed by atoms with E-state index in [9.17, 15) is 14.4 Å². The van der Waals surface area contributed by atoms with Gasteiger partial charge in [-0.25, -0.2) is 0 Å². The van der Waals surface area contributed by atoms with Gasteiger partial charge in [0.2, 0.25) is 0 Å². The summed E-state index contributed by atoms with van der Waals surface area (Å²) in [6.07, 6.45) is 89.2. The lowest BCUT2D eigenvalue weighted by atomic mass is 10.1. The molecule has 6 nitrogen and oxygen atoms in total. The minimum atomic E-state index is -0.791. The van der Waals surface area contributed by atoms with E-state index in [0.29, 0.717) is 19.3 Å². The van der Waals surface area contributed by atoms with Crippen LogP contribution in [0.4, 0.5) is 0 Å². The van der Waals surface area contributed by atoms with Crippen molar-refractivity contribution >= 4 is 17.9 Å². The van der Waals surface area contributed by atoms with E-state index in [-0.39, 0.29) is 31.1 Å². The zero-order chi connectivity index (χ0) is 55.7. The molecule has 0 bridgehead atoms. The van der Waals surface area contributed by atoms with E-state index >= 15 is 0 Å². The van der Waals surface area contributed by atoms with Gasteiger partial charge in [0.25, 0.3) is 0 Å². The number of esters is 3. The monoisotopic (exact) mass is 1070 g/mol. The lowest BCUT2D eigenvalue weighted by Crippen LogP contribution is -2.30. The number of hydrogen-bond acceptors (Lipinski definition) is 6. The normalized spacial score (nSPS) is 12.9. The van der Waals surface area contributed by atoms with Crippen LogP contribution in [0.15, 0.2) is 122 Å². The summed E-state index contributed by atoms with van der Waals surface area (Å²) in [4.78, 5) is 38.2. The molecule has 0 aliphatic carbocycles. The van der Waals surface area contributed by atoms with Crippen molar-refractivity contribution in [1.82, 2.24) is 0 Å². The van der Waals surface area contributed by atoms with Crippen molar-refractivity contribution in [2.45, 2.75) is 297 Å². The molecule has 0 rings (SSSR count). The molecule has 0 N–H and O–H groups in total. The number of ether oxygens (including phenoxy) is 3. The van der Waals surface area contributed by atoms with Crippen LogP contribution in [0.3, 0.4) is 0 Å². The third-order valence-electron chi connectivity index (χ3n) is 13.4. The second kappa shape index (κ2) is 64.3. The van der Waals surface area contributed by atoms with E-state index < -0.39 is 6.10 Å². The Morgan fingerprint density at radius 1 is 0.273 bits per heavy atom. The highest BCUT2D eigenvalue weighted by Crippen LogP contribution is 2.15. The third-order valence-corrected chi connectivity index (χ3v) is 13.4. The van der Waals surface area contributed by atoms with Crippen LogP contribution in [-0.4, -0.2) is 37.2 Å². The predicted molar refractivity (Wildman–Crippen MR) is 334 cm³/mol. The first kappa shape index (κ1) is 72.8. The average molecular weight is 1070 g/mol. The van der Waals surface area contributed by atoms with Gasteiger partial charge in [0, 0.05) is 19.3 Å². The predicted octanol–water partition coefficient (Wildman–Crippen LogP) is 22.0. The van der Waals surface area contributed by atoms with Crippen LogP contribution in [0.1, 0.15) is 290 Å². The van der Waals surface area contributed by atoms with Gasteiger partial charge in [-0.15, -0.1) is 0 Å². The van der Waals surface area contributed by atoms with Crippen molar-refractivity contribution in [3.8, 4) is 0 Å². The summed E-state index contributed by atoms with van der Waals surface area (Å²) < 4.78 is 16.9. The van der Waals surface area contributed by atoms with Crippen molar-refractivity contribution in [2.75, 3.05) is 13.2 Å². The summed E-state index contributed by atoms with van der Waals surface area (Å²) in [6.45, 7) is 6.44. The minimum Gasteiger partial charge on any atom is -0.462 e. The minimum absolute atomic E-state index is 0.0885. The van der Waals surface area contributed by atoms with Crippen LogP contribution in [0.2, 0.25) is 0 Å². The Labute approximate surface area is 475 Å². The SMILES string of the molecule is CC/C=C\C/C=C\C/C=C\C/C=C\C/C=C\C/C=C\C/C=C\CCCCCCCCCCCC(=O)OCC(COC(=O)CCCCCCC/C=C\CCC)OC(=O)CCCCCCCCC/C=C\C/C=C\CCCCCC. The summed E-state index contributed by atoms with van der Waals surface area (Å²) in [7, 11) is 0. The Bertz CT molecular complexity index is 1600. The van der Waals surface area contributed by atoms with Crippen LogP contribution in [0, 0.1) is 0 Å². The maximum Gasteiger partial charge on any atom is 0.306 e. The molecule has 0 heterocycles. The van der Waals surface area contributed by atoms with E-state index in [4.69, 9.17) is 14.2 Å². The first-order valence-electron chi connectivity index (χ1n) is 32.0. The molecule has 438 valence electrons. The van der Waals surface area contributed by atoms with Gasteiger partial charge in [-0.3, -0.25) is 14.4 Å². The molecule has 0 aromatic rings. The van der Waals surface area contributed by atoms with Gasteiger partial charge in [-0.2, -0.15) is 0 Å². The molecule has 0 aromatic carbocycles. The molecule has 0 fully saturated rings. The third kappa shape index (κ3) is 62.5. The van der Waals surface area contributed by atoms with Crippen molar-refractivity contribution in [1.29, 1.82) is 0 Å². The fourth-order valence-corrected chi connectivity index (χ4v) is 8.63. The van der Waals surface area contributed by atoms with E-state index in [2.05, 4.69) is 142 Å². The van der Waals surface area contributed by atoms with E-state index in [1.54, 1.807) is 0 Å². The lowest BCUT2D eigenvalue weighted by Gasteiger charge is -2.18. The maximum atomic E-state index is 12.9. The van der Waals surface area contributed by atoms with Crippen molar-refractivity contribution < 1.29 is 28.6 Å². The molecule has 6 heteroatoms. The van der Waals surface area contributed by atoms with Crippen LogP contribution in [0.5, 0.6) is 0 Å². The fourth-order valence-electron chi connectivity index (χ4n) is 8.63. The maximum absolute atomic E-state index is 12.9. The number of carbonyl (C=O) groups is 3. The molecule has 0 saturated carbocycles. The molecule has 0 saturated heterocycles. The number of carbonyl (C=O) groups excluding carboxylic acids is 3. The largest absolute Gasteiger partial charge is 0.462 e. The summed E-state index contributed by atoms with van der Waals surface area (Å²) in [5.74, 6) is -0.910. The number of hydrogen-bond donors (Lipinski definition) is 0. The topological polar surface area (TPSA) is 78.9 Å². The molecule has 1 atom stereocenters. The molecule has 1 unspecified atom stereocenters.